The first kappa shape index (κ1) is 11.3. The van der Waals surface area contributed by atoms with Crippen LogP contribution in [-0.2, 0) is 0 Å². The van der Waals surface area contributed by atoms with Gasteiger partial charge in [-0.15, -0.1) is 0 Å². The highest BCUT2D eigenvalue weighted by molar-refractivity contribution is 5.72. The molecule has 1 rings (SSSR count). The molecule has 82 valence electrons. The molecule has 1 unspecified atom stereocenters. The molecular formula is C9H19N3O2. The number of nitrogens with two attached hydrogens (primary N) is 1. The molecular weight excluding hydrogens is 182 g/mol. The number of aliphatic hydroxyl groups is 1. The summed E-state index contributed by atoms with van der Waals surface area (Å²) < 4.78 is 0. The van der Waals surface area contributed by atoms with Crippen LogP contribution in [0.4, 0.5) is 4.79 Å². The predicted octanol–water partition coefficient (Wildman–Crippen LogP) is -0.546. The number of urea groups is 1. The van der Waals surface area contributed by atoms with Crippen LogP contribution in [0.25, 0.3) is 0 Å². The fourth-order valence-electron chi connectivity index (χ4n) is 1.94. The van der Waals surface area contributed by atoms with Crippen molar-refractivity contribution in [2.45, 2.75) is 18.9 Å². The van der Waals surface area contributed by atoms with Gasteiger partial charge in [0, 0.05) is 25.7 Å². The number of hydrogen-bond donors (Lipinski definition) is 2. The van der Waals surface area contributed by atoms with Crippen LogP contribution in [0.1, 0.15) is 12.8 Å². The van der Waals surface area contributed by atoms with E-state index in [0.29, 0.717) is 6.54 Å². The van der Waals surface area contributed by atoms with Crippen LogP contribution in [-0.4, -0.2) is 60.3 Å². The molecule has 0 aromatic rings. The van der Waals surface area contributed by atoms with E-state index < -0.39 is 0 Å². The Morgan fingerprint density at radius 3 is 3.00 bits per heavy atom. The lowest BCUT2D eigenvalue weighted by atomic mass is 10.2. The molecule has 1 atom stereocenters. The molecule has 5 nitrogen and oxygen atoms in total. The van der Waals surface area contributed by atoms with Gasteiger partial charge < -0.3 is 20.6 Å². The maximum absolute atomic E-state index is 11.0. The fourth-order valence-corrected chi connectivity index (χ4v) is 1.94. The van der Waals surface area contributed by atoms with Crippen molar-refractivity contribution in [3.8, 4) is 0 Å². The molecule has 1 fully saturated rings. The number of likely N-dealkylation sites (N-methyl/N-ethyl adjacent to an activating group) is 1. The van der Waals surface area contributed by atoms with E-state index in [0.717, 1.165) is 25.9 Å². The first-order valence-electron chi connectivity index (χ1n) is 5.00. The molecule has 1 aliphatic rings. The Morgan fingerprint density at radius 2 is 2.43 bits per heavy atom. The van der Waals surface area contributed by atoms with E-state index in [4.69, 9.17) is 10.8 Å². The molecule has 5 heteroatoms. The largest absolute Gasteiger partial charge is 0.395 e. The lowest BCUT2D eigenvalue weighted by Crippen LogP contribution is -2.45. The molecule has 1 aliphatic heterocycles. The van der Waals surface area contributed by atoms with Gasteiger partial charge in [0.05, 0.1) is 6.61 Å². The second-order valence-corrected chi connectivity index (χ2v) is 3.81. The molecule has 0 spiro atoms. The van der Waals surface area contributed by atoms with Crippen LogP contribution in [0.2, 0.25) is 0 Å². The summed E-state index contributed by atoms with van der Waals surface area (Å²) in [6, 6.07) is -0.103. The van der Waals surface area contributed by atoms with Crippen molar-refractivity contribution >= 4 is 6.03 Å². The van der Waals surface area contributed by atoms with Gasteiger partial charge in [0.1, 0.15) is 0 Å². The fraction of sp³-hybridized carbons (Fsp3) is 0.889. The number of primary amides is 1. The Hall–Kier alpha value is -0.810. The molecule has 0 bridgehead atoms. The lowest BCUT2D eigenvalue weighted by molar-refractivity contribution is 0.168. The van der Waals surface area contributed by atoms with E-state index in [9.17, 15) is 4.79 Å². The second kappa shape index (κ2) is 5.17. The van der Waals surface area contributed by atoms with Gasteiger partial charge in [-0.05, 0) is 19.9 Å². The van der Waals surface area contributed by atoms with Crippen molar-refractivity contribution in [1.82, 2.24) is 9.80 Å². The summed E-state index contributed by atoms with van der Waals surface area (Å²) in [5.74, 6) is 0. The Bertz CT molecular complexity index is 198. The number of likely N-dealkylation sites (tertiary alicyclic amines) is 1. The number of aliphatic hydroxyl groups excluding tert-OH is 1. The van der Waals surface area contributed by atoms with Crippen molar-refractivity contribution < 1.29 is 9.90 Å². The first-order valence-corrected chi connectivity index (χ1v) is 5.00. The van der Waals surface area contributed by atoms with Crippen molar-refractivity contribution in [1.29, 1.82) is 0 Å². The lowest BCUT2D eigenvalue weighted by Gasteiger charge is -2.26. The van der Waals surface area contributed by atoms with Crippen LogP contribution in [0.5, 0.6) is 0 Å². The maximum Gasteiger partial charge on any atom is 0.315 e. The zero-order valence-electron chi connectivity index (χ0n) is 8.65. The summed E-state index contributed by atoms with van der Waals surface area (Å²) in [7, 11) is 1.94. The van der Waals surface area contributed by atoms with Gasteiger partial charge in [0.15, 0.2) is 0 Å². The quantitative estimate of drug-likeness (QED) is 0.641. The van der Waals surface area contributed by atoms with E-state index >= 15 is 0 Å². The average Bonchev–Trinajstić information content (AvgIpc) is 2.52. The molecule has 0 aromatic heterocycles. The Morgan fingerprint density at radius 1 is 1.71 bits per heavy atom. The van der Waals surface area contributed by atoms with Crippen LogP contribution in [0, 0.1) is 0 Å². The second-order valence-electron chi connectivity index (χ2n) is 3.81. The number of rotatable bonds is 4. The highest BCUT2D eigenvalue weighted by Crippen LogP contribution is 2.17. The standard InChI is InChI=1S/C9H19N3O2/c1-11(5-6-13)7-8-3-2-4-12(8)9(10)14/h8,13H,2-7H2,1H3,(H2,10,14). The minimum Gasteiger partial charge on any atom is -0.395 e. The van der Waals surface area contributed by atoms with E-state index in [1.54, 1.807) is 4.90 Å². The first-order chi connectivity index (χ1) is 6.65. The smallest absolute Gasteiger partial charge is 0.315 e. The highest BCUT2D eigenvalue weighted by atomic mass is 16.3. The average molecular weight is 201 g/mol. The van der Waals surface area contributed by atoms with E-state index in [-0.39, 0.29) is 18.7 Å². The normalized spacial score (nSPS) is 21.9. The number of hydrogen-bond acceptors (Lipinski definition) is 3. The molecule has 3 N–H and O–H groups in total. The summed E-state index contributed by atoms with van der Waals surface area (Å²) in [6.45, 7) is 2.36. The monoisotopic (exact) mass is 201 g/mol. The molecule has 1 heterocycles. The number of carbonyl (C=O) groups excluding carboxylic acids is 1. The maximum atomic E-state index is 11.0. The summed E-state index contributed by atoms with van der Waals surface area (Å²) >= 11 is 0. The Labute approximate surface area is 84.5 Å². The van der Waals surface area contributed by atoms with Gasteiger partial charge in [0.2, 0.25) is 0 Å². The van der Waals surface area contributed by atoms with Gasteiger partial charge >= 0.3 is 6.03 Å². The van der Waals surface area contributed by atoms with Gasteiger partial charge in [0.25, 0.3) is 0 Å². The highest BCUT2D eigenvalue weighted by Gasteiger charge is 2.27. The number of carbonyl (C=O) groups is 1. The van der Waals surface area contributed by atoms with Gasteiger partial charge in [-0.3, -0.25) is 0 Å². The van der Waals surface area contributed by atoms with Crippen molar-refractivity contribution in [2.24, 2.45) is 5.73 Å². The third kappa shape index (κ3) is 2.85. The minimum atomic E-state index is -0.329. The SMILES string of the molecule is CN(CCO)CC1CCCN1C(N)=O. The summed E-state index contributed by atoms with van der Waals surface area (Å²) in [6.07, 6.45) is 2.04. The van der Waals surface area contributed by atoms with Crippen LogP contribution in [0.3, 0.4) is 0 Å². The predicted molar refractivity (Wildman–Crippen MR) is 53.9 cm³/mol. The summed E-state index contributed by atoms with van der Waals surface area (Å²) in [5.41, 5.74) is 5.26. The topological polar surface area (TPSA) is 69.8 Å². The van der Waals surface area contributed by atoms with Gasteiger partial charge in [-0.25, -0.2) is 4.79 Å². The zero-order valence-corrected chi connectivity index (χ0v) is 8.65. The molecule has 1 saturated heterocycles. The van der Waals surface area contributed by atoms with Gasteiger partial charge in [-0.2, -0.15) is 0 Å². The Balaban J connectivity index is 2.39. The van der Waals surface area contributed by atoms with Crippen molar-refractivity contribution in [2.75, 3.05) is 33.3 Å². The van der Waals surface area contributed by atoms with Crippen LogP contribution < -0.4 is 5.73 Å². The van der Waals surface area contributed by atoms with Crippen LogP contribution >= 0.6 is 0 Å². The van der Waals surface area contributed by atoms with Crippen molar-refractivity contribution in [3.63, 3.8) is 0 Å². The van der Waals surface area contributed by atoms with Gasteiger partial charge in [-0.1, -0.05) is 0 Å². The molecule has 0 saturated carbocycles. The molecule has 0 aliphatic carbocycles. The van der Waals surface area contributed by atoms with E-state index in [1.165, 1.54) is 0 Å². The number of amides is 2. The van der Waals surface area contributed by atoms with Crippen molar-refractivity contribution in [3.05, 3.63) is 0 Å². The Kier molecular flexibility index (Phi) is 4.16. The van der Waals surface area contributed by atoms with E-state index in [2.05, 4.69) is 0 Å². The molecule has 14 heavy (non-hydrogen) atoms. The zero-order chi connectivity index (χ0) is 10.6. The molecule has 2 amide bonds. The minimum absolute atomic E-state index is 0.153. The third-order valence-corrected chi connectivity index (χ3v) is 2.66. The third-order valence-electron chi connectivity index (χ3n) is 2.66. The van der Waals surface area contributed by atoms with E-state index in [1.807, 2.05) is 11.9 Å². The summed E-state index contributed by atoms with van der Waals surface area (Å²) in [4.78, 5) is 14.8. The molecule has 0 radical (unpaired) electrons. The molecule has 0 aromatic carbocycles. The number of nitrogens with zero attached hydrogens (tertiary/aromatic N) is 2. The van der Waals surface area contributed by atoms with Crippen LogP contribution in [0.15, 0.2) is 0 Å². The summed E-state index contributed by atoms with van der Waals surface area (Å²) in [5, 5.41) is 8.74.